The first-order valence-corrected chi connectivity index (χ1v) is 6.15. The Morgan fingerprint density at radius 1 is 1.16 bits per heavy atom. The summed E-state index contributed by atoms with van der Waals surface area (Å²) < 4.78 is 15.9. The number of rotatable bonds is 3. The third-order valence-electron chi connectivity index (χ3n) is 3.38. The number of Topliss-reactive ketones (excluding diaryl/α,β-unsaturated/α-hetero) is 1. The van der Waals surface area contributed by atoms with E-state index < -0.39 is 6.10 Å². The summed E-state index contributed by atoms with van der Waals surface area (Å²) in [5.41, 5.74) is 1.33. The van der Waals surface area contributed by atoms with E-state index in [1.807, 2.05) is 0 Å². The summed E-state index contributed by atoms with van der Waals surface area (Å²) in [4.78, 5) is 12.1. The van der Waals surface area contributed by atoms with E-state index in [0.717, 1.165) is 5.56 Å². The van der Waals surface area contributed by atoms with Crippen LogP contribution in [0.1, 0.15) is 28.8 Å². The molecule has 0 amide bonds. The molecule has 19 heavy (non-hydrogen) atoms. The first-order valence-electron chi connectivity index (χ1n) is 6.15. The van der Waals surface area contributed by atoms with E-state index in [1.54, 1.807) is 6.07 Å². The molecule has 5 heteroatoms. The zero-order chi connectivity index (χ0) is 14.0. The van der Waals surface area contributed by atoms with Crippen LogP contribution in [0.25, 0.3) is 0 Å². The van der Waals surface area contributed by atoms with Crippen molar-refractivity contribution in [3.8, 4) is 17.2 Å². The van der Waals surface area contributed by atoms with E-state index in [9.17, 15) is 9.90 Å². The molecule has 104 valence electrons. The van der Waals surface area contributed by atoms with Crippen LogP contribution in [0.5, 0.6) is 17.2 Å². The molecule has 2 rings (SSSR count). The molecule has 5 nitrogen and oxygen atoms in total. The Bertz CT molecular complexity index is 495. The van der Waals surface area contributed by atoms with E-state index in [0.29, 0.717) is 35.7 Å². The number of methoxy groups -OCH3 is 3. The van der Waals surface area contributed by atoms with Crippen LogP contribution in [0.3, 0.4) is 0 Å². The summed E-state index contributed by atoms with van der Waals surface area (Å²) in [6.45, 7) is 0. The zero-order valence-corrected chi connectivity index (χ0v) is 11.4. The SMILES string of the molecule is COc1cc2c(c(OC)c1OC)CCC(O)CC2=O. The average molecular weight is 266 g/mol. The lowest BCUT2D eigenvalue weighted by atomic mass is 9.99. The number of carbonyl (C=O) groups excluding carboxylic acids is 1. The van der Waals surface area contributed by atoms with E-state index in [2.05, 4.69) is 0 Å². The number of ketones is 1. The van der Waals surface area contributed by atoms with Gasteiger partial charge in [0.1, 0.15) is 0 Å². The minimum absolute atomic E-state index is 0.0979. The van der Waals surface area contributed by atoms with Crippen molar-refractivity contribution in [3.05, 3.63) is 17.2 Å². The molecule has 0 bridgehead atoms. The third-order valence-corrected chi connectivity index (χ3v) is 3.38. The number of hydrogen-bond acceptors (Lipinski definition) is 5. The normalized spacial score (nSPS) is 18.5. The Labute approximate surface area is 112 Å². The van der Waals surface area contributed by atoms with E-state index in [-0.39, 0.29) is 12.2 Å². The fourth-order valence-corrected chi connectivity index (χ4v) is 2.45. The number of hydrogen-bond donors (Lipinski definition) is 1. The monoisotopic (exact) mass is 266 g/mol. The van der Waals surface area contributed by atoms with Gasteiger partial charge < -0.3 is 19.3 Å². The predicted octanol–water partition coefficient (Wildman–Crippen LogP) is 1.59. The van der Waals surface area contributed by atoms with Crippen molar-refractivity contribution < 1.29 is 24.1 Å². The minimum Gasteiger partial charge on any atom is -0.493 e. The molecule has 1 N–H and O–H groups in total. The Morgan fingerprint density at radius 2 is 1.84 bits per heavy atom. The topological polar surface area (TPSA) is 65.0 Å². The average Bonchev–Trinajstić information content (AvgIpc) is 2.55. The highest BCUT2D eigenvalue weighted by atomic mass is 16.5. The number of ether oxygens (including phenoxy) is 3. The second kappa shape index (κ2) is 5.48. The molecule has 0 saturated heterocycles. The molecule has 1 aliphatic rings. The van der Waals surface area contributed by atoms with E-state index in [4.69, 9.17) is 14.2 Å². The van der Waals surface area contributed by atoms with Crippen molar-refractivity contribution in [2.24, 2.45) is 0 Å². The summed E-state index contributed by atoms with van der Waals surface area (Å²) in [6, 6.07) is 1.66. The van der Waals surface area contributed by atoms with Gasteiger partial charge >= 0.3 is 0 Å². The molecule has 0 saturated carbocycles. The molecule has 1 unspecified atom stereocenters. The lowest BCUT2D eigenvalue weighted by Crippen LogP contribution is -2.10. The van der Waals surface area contributed by atoms with Crippen molar-refractivity contribution >= 4 is 5.78 Å². The summed E-state index contributed by atoms with van der Waals surface area (Å²) in [6.07, 6.45) is 0.628. The minimum atomic E-state index is -0.610. The van der Waals surface area contributed by atoms with Gasteiger partial charge in [0.25, 0.3) is 0 Å². The van der Waals surface area contributed by atoms with Crippen molar-refractivity contribution in [3.63, 3.8) is 0 Å². The summed E-state index contributed by atoms with van der Waals surface area (Å²) in [5, 5.41) is 9.72. The van der Waals surface area contributed by atoms with Gasteiger partial charge in [-0.2, -0.15) is 0 Å². The van der Waals surface area contributed by atoms with Crippen LogP contribution in [0.15, 0.2) is 6.07 Å². The van der Waals surface area contributed by atoms with Crippen LogP contribution < -0.4 is 14.2 Å². The second-order valence-electron chi connectivity index (χ2n) is 4.49. The molecule has 1 aliphatic carbocycles. The van der Waals surface area contributed by atoms with E-state index >= 15 is 0 Å². The van der Waals surface area contributed by atoms with Gasteiger partial charge in [0.05, 0.1) is 27.4 Å². The lowest BCUT2D eigenvalue weighted by Gasteiger charge is -2.17. The maximum Gasteiger partial charge on any atom is 0.203 e. The van der Waals surface area contributed by atoms with Gasteiger partial charge in [-0.05, 0) is 18.9 Å². The molecular weight excluding hydrogens is 248 g/mol. The fourth-order valence-electron chi connectivity index (χ4n) is 2.45. The quantitative estimate of drug-likeness (QED) is 0.842. The maximum atomic E-state index is 12.1. The van der Waals surface area contributed by atoms with Crippen LogP contribution in [0.4, 0.5) is 0 Å². The number of carbonyl (C=O) groups is 1. The molecule has 1 atom stereocenters. The number of benzene rings is 1. The van der Waals surface area contributed by atoms with Crippen LogP contribution >= 0.6 is 0 Å². The zero-order valence-electron chi connectivity index (χ0n) is 11.4. The van der Waals surface area contributed by atoms with Gasteiger partial charge in [0.15, 0.2) is 17.3 Å². The highest BCUT2D eigenvalue weighted by molar-refractivity contribution is 5.99. The van der Waals surface area contributed by atoms with E-state index in [1.165, 1.54) is 21.3 Å². The molecule has 0 radical (unpaired) electrons. The van der Waals surface area contributed by atoms with Gasteiger partial charge in [0, 0.05) is 17.5 Å². The van der Waals surface area contributed by atoms with Gasteiger partial charge in [-0.1, -0.05) is 0 Å². The van der Waals surface area contributed by atoms with Crippen molar-refractivity contribution in [2.75, 3.05) is 21.3 Å². The molecule has 0 aliphatic heterocycles. The fraction of sp³-hybridized carbons (Fsp3) is 0.500. The molecular formula is C14H18O5. The lowest BCUT2D eigenvalue weighted by molar-refractivity contribution is 0.0882. The summed E-state index contributed by atoms with van der Waals surface area (Å²) in [5.74, 6) is 1.36. The van der Waals surface area contributed by atoms with Crippen LogP contribution in [0.2, 0.25) is 0 Å². The number of aliphatic hydroxyl groups is 1. The number of fused-ring (bicyclic) bond motifs is 1. The largest absolute Gasteiger partial charge is 0.493 e. The molecule has 0 fully saturated rings. The second-order valence-corrected chi connectivity index (χ2v) is 4.49. The predicted molar refractivity (Wildman–Crippen MR) is 69.4 cm³/mol. The maximum absolute atomic E-state index is 12.1. The van der Waals surface area contributed by atoms with Crippen molar-refractivity contribution in [1.82, 2.24) is 0 Å². The van der Waals surface area contributed by atoms with Crippen LogP contribution in [-0.4, -0.2) is 38.3 Å². The third kappa shape index (κ3) is 2.38. The highest BCUT2D eigenvalue weighted by Gasteiger charge is 2.28. The van der Waals surface area contributed by atoms with Gasteiger partial charge in [-0.25, -0.2) is 0 Å². The van der Waals surface area contributed by atoms with Crippen molar-refractivity contribution in [2.45, 2.75) is 25.4 Å². The summed E-state index contributed by atoms with van der Waals surface area (Å²) >= 11 is 0. The van der Waals surface area contributed by atoms with Crippen LogP contribution in [-0.2, 0) is 6.42 Å². The molecule has 0 spiro atoms. The number of aliphatic hydroxyl groups excluding tert-OH is 1. The highest BCUT2D eigenvalue weighted by Crippen LogP contribution is 2.43. The van der Waals surface area contributed by atoms with Gasteiger partial charge in [0.2, 0.25) is 5.75 Å². The Kier molecular flexibility index (Phi) is 3.95. The van der Waals surface area contributed by atoms with Gasteiger partial charge in [-0.15, -0.1) is 0 Å². The molecule has 1 aromatic carbocycles. The standard InChI is InChI=1S/C14H18O5/c1-17-12-7-10-9(13(18-2)14(12)19-3)5-4-8(15)6-11(10)16/h7-8,15H,4-6H2,1-3H3. The molecule has 0 heterocycles. The van der Waals surface area contributed by atoms with Crippen LogP contribution in [0, 0.1) is 0 Å². The smallest absolute Gasteiger partial charge is 0.203 e. The Balaban J connectivity index is 2.65. The first-order chi connectivity index (χ1) is 9.12. The van der Waals surface area contributed by atoms with Gasteiger partial charge in [-0.3, -0.25) is 4.79 Å². The first kappa shape index (κ1) is 13.7. The molecule has 0 aromatic heterocycles. The molecule has 1 aromatic rings. The van der Waals surface area contributed by atoms with Crippen molar-refractivity contribution in [1.29, 1.82) is 0 Å². The summed E-state index contributed by atoms with van der Waals surface area (Å²) in [7, 11) is 4.57. The Morgan fingerprint density at radius 3 is 2.42 bits per heavy atom. The Hall–Kier alpha value is -1.75.